The van der Waals surface area contributed by atoms with Gasteiger partial charge in [0, 0.05) is 23.5 Å². The zero-order chi connectivity index (χ0) is 18.4. The number of pyridine rings is 2. The maximum Gasteiger partial charge on any atom is 0.0741 e. The molecule has 0 radical (unpaired) electrons. The summed E-state index contributed by atoms with van der Waals surface area (Å²) in [7, 11) is 0. The number of benzene rings is 2. The Morgan fingerprint density at radius 2 is 1.67 bits per heavy atom. The van der Waals surface area contributed by atoms with Crippen molar-refractivity contribution in [2.24, 2.45) is 0 Å². The first-order valence-electron chi connectivity index (χ1n) is 9.67. The molecule has 2 nitrogen and oxygen atoms in total. The summed E-state index contributed by atoms with van der Waals surface area (Å²) in [5, 5.41) is 2.63. The van der Waals surface area contributed by atoms with E-state index in [0.29, 0.717) is 5.92 Å². The molecule has 2 aromatic heterocycles. The third-order valence-electron chi connectivity index (χ3n) is 5.64. The molecule has 0 unspecified atom stereocenters. The summed E-state index contributed by atoms with van der Waals surface area (Å²) in [4.78, 5) is 9.48. The van der Waals surface area contributed by atoms with Crippen LogP contribution in [0, 0.1) is 0 Å². The highest BCUT2D eigenvalue weighted by Gasteiger charge is 2.21. The first kappa shape index (κ1) is 16.2. The second-order valence-corrected chi connectivity index (χ2v) is 7.64. The predicted octanol–water partition coefficient (Wildman–Crippen LogP) is 6.19. The van der Waals surface area contributed by atoms with Gasteiger partial charge < -0.3 is 0 Å². The minimum Gasteiger partial charge on any atom is -0.256 e. The molecule has 2 aromatic carbocycles. The molecule has 5 rings (SSSR count). The Kier molecular flexibility index (Phi) is 3.78. The number of fused-ring (bicyclic) bond motifs is 4. The topological polar surface area (TPSA) is 25.8 Å². The minimum absolute atomic E-state index is 0.469. The molecule has 2 heterocycles. The molecule has 1 aliphatic carbocycles. The molecule has 4 aromatic rings. The summed E-state index contributed by atoms with van der Waals surface area (Å²) in [5.41, 5.74) is 8.73. The van der Waals surface area contributed by atoms with Crippen LogP contribution in [0.25, 0.3) is 33.3 Å². The number of nitrogens with zero attached hydrogens (tertiary/aromatic N) is 2. The van der Waals surface area contributed by atoms with Crippen LogP contribution in [0.3, 0.4) is 0 Å². The molecule has 0 bridgehead atoms. The Balaban J connectivity index is 1.76. The molecule has 27 heavy (non-hydrogen) atoms. The average Bonchev–Trinajstić information content (AvgIpc) is 2.72. The summed E-state index contributed by atoms with van der Waals surface area (Å²) < 4.78 is 0. The van der Waals surface area contributed by atoms with E-state index in [2.05, 4.69) is 67.4 Å². The third kappa shape index (κ3) is 2.64. The Morgan fingerprint density at radius 1 is 0.815 bits per heavy atom. The maximum absolute atomic E-state index is 4.81. The van der Waals surface area contributed by atoms with Crippen LogP contribution in [0.4, 0.5) is 0 Å². The third-order valence-corrected chi connectivity index (χ3v) is 5.64. The second-order valence-electron chi connectivity index (χ2n) is 7.64. The maximum atomic E-state index is 4.81. The fraction of sp³-hybridized carbons (Fsp3) is 0.200. The van der Waals surface area contributed by atoms with Crippen molar-refractivity contribution >= 4 is 10.8 Å². The summed E-state index contributed by atoms with van der Waals surface area (Å²) in [5.74, 6) is 0.469. The summed E-state index contributed by atoms with van der Waals surface area (Å²) in [6.45, 7) is 4.53. The van der Waals surface area contributed by atoms with E-state index in [0.717, 1.165) is 24.2 Å². The minimum atomic E-state index is 0.469. The lowest BCUT2D eigenvalue weighted by molar-refractivity contribution is 0.876. The molecule has 0 saturated heterocycles. The van der Waals surface area contributed by atoms with E-state index in [9.17, 15) is 0 Å². The fourth-order valence-corrected chi connectivity index (χ4v) is 4.31. The van der Waals surface area contributed by atoms with Gasteiger partial charge in [-0.25, -0.2) is 0 Å². The number of aryl methyl sites for hydroxylation is 1. The Labute approximate surface area is 159 Å². The molecule has 0 atom stereocenters. The van der Waals surface area contributed by atoms with Crippen molar-refractivity contribution in [3.8, 4) is 22.5 Å². The van der Waals surface area contributed by atoms with Crippen molar-refractivity contribution in [2.75, 3.05) is 0 Å². The molecule has 132 valence electrons. The zero-order valence-electron chi connectivity index (χ0n) is 15.7. The highest BCUT2D eigenvalue weighted by Crippen LogP contribution is 2.38. The fourth-order valence-electron chi connectivity index (χ4n) is 4.31. The lowest BCUT2D eigenvalue weighted by atomic mass is 9.85. The monoisotopic (exact) mass is 350 g/mol. The van der Waals surface area contributed by atoms with Crippen molar-refractivity contribution in [1.29, 1.82) is 0 Å². The SMILES string of the molecule is CC(C)c1cc(-c2nccc3c2CCc2cccnc2-3)cc2ccccc12. The predicted molar refractivity (Wildman–Crippen MR) is 112 cm³/mol. The first-order valence-corrected chi connectivity index (χ1v) is 9.67. The smallest absolute Gasteiger partial charge is 0.0741 e. The van der Waals surface area contributed by atoms with Crippen LogP contribution in [0.1, 0.15) is 36.5 Å². The molecule has 1 aliphatic rings. The van der Waals surface area contributed by atoms with Gasteiger partial charge in [-0.05, 0) is 70.5 Å². The largest absolute Gasteiger partial charge is 0.256 e. The standard InChI is InChI=1S/C25H22N2/c1-16(2)23-15-19(14-18-6-3-4-8-20(18)23)25-21-10-9-17-7-5-12-26-24(17)22(21)11-13-27-25/h3-8,11-16H,9-10H2,1-2H3. The van der Waals surface area contributed by atoms with Gasteiger partial charge in [-0.2, -0.15) is 0 Å². The number of rotatable bonds is 2. The molecular weight excluding hydrogens is 328 g/mol. The van der Waals surface area contributed by atoms with Gasteiger partial charge >= 0.3 is 0 Å². The van der Waals surface area contributed by atoms with Crippen LogP contribution in [0.5, 0.6) is 0 Å². The second kappa shape index (κ2) is 6.31. The van der Waals surface area contributed by atoms with Gasteiger partial charge in [0.1, 0.15) is 0 Å². The summed E-state index contributed by atoms with van der Waals surface area (Å²) >= 11 is 0. The van der Waals surface area contributed by atoms with Crippen molar-refractivity contribution < 1.29 is 0 Å². The average molecular weight is 350 g/mol. The van der Waals surface area contributed by atoms with E-state index < -0.39 is 0 Å². The molecule has 0 N–H and O–H groups in total. The van der Waals surface area contributed by atoms with Crippen LogP contribution in [-0.2, 0) is 12.8 Å². The molecule has 0 saturated carbocycles. The Hall–Kier alpha value is -3.00. The number of hydrogen-bond donors (Lipinski definition) is 0. The van der Waals surface area contributed by atoms with Gasteiger partial charge in [0.25, 0.3) is 0 Å². The van der Waals surface area contributed by atoms with E-state index in [4.69, 9.17) is 4.98 Å². The lowest BCUT2D eigenvalue weighted by Gasteiger charge is -2.21. The van der Waals surface area contributed by atoms with Crippen molar-refractivity contribution in [3.63, 3.8) is 0 Å². The molecule has 0 aliphatic heterocycles. The van der Waals surface area contributed by atoms with Crippen molar-refractivity contribution in [3.05, 3.63) is 83.7 Å². The Bertz CT molecular complexity index is 1160. The summed E-state index contributed by atoms with van der Waals surface area (Å²) in [6.07, 6.45) is 5.86. The van der Waals surface area contributed by atoms with Gasteiger partial charge in [0.2, 0.25) is 0 Å². The Morgan fingerprint density at radius 3 is 2.56 bits per heavy atom. The van der Waals surface area contributed by atoms with E-state index >= 15 is 0 Å². The first-order chi connectivity index (χ1) is 13.2. The summed E-state index contributed by atoms with van der Waals surface area (Å²) in [6, 6.07) is 19.6. The molecule has 0 spiro atoms. The van der Waals surface area contributed by atoms with Gasteiger partial charge in [0.05, 0.1) is 11.4 Å². The number of aromatic nitrogens is 2. The van der Waals surface area contributed by atoms with E-state index in [1.165, 1.54) is 38.6 Å². The highest BCUT2D eigenvalue weighted by molar-refractivity contribution is 5.91. The van der Waals surface area contributed by atoms with E-state index in [1.807, 2.05) is 18.5 Å². The quantitative estimate of drug-likeness (QED) is 0.431. The van der Waals surface area contributed by atoms with Gasteiger partial charge in [-0.1, -0.05) is 44.2 Å². The van der Waals surface area contributed by atoms with Crippen LogP contribution >= 0.6 is 0 Å². The molecule has 0 amide bonds. The lowest BCUT2D eigenvalue weighted by Crippen LogP contribution is -2.08. The van der Waals surface area contributed by atoms with Crippen LogP contribution in [0.2, 0.25) is 0 Å². The normalized spacial score (nSPS) is 12.9. The highest BCUT2D eigenvalue weighted by atomic mass is 14.7. The zero-order valence-corrected chi connectivity index (χ0v) is 15.7. The van der Waals surface area contributed by atoms with Crippen molar-refractivity contribution in [1.82, 2.24) is 9.97 Å². The van der Waals surface area contributed by atoms with Gasteiger partial charge in [0.15, 0.2) is 0 Å². The number of hydrogen-bond acceptors (Lipinski definition) is 2. The van der Waals surface area contributed by atoms with E-state index in [1.54, 1.807) is 0 Å². The van der Waals surface area contributed by atoms with E-state index in [-0.39, 0.29) is 0 Å². The van der Waals surface area contributed by atoms with Crippen molar-refractivity contribution in [2.45, 2.75) is 32.6 Å². The van der Waals surface area contributed by atoms with Gasteiger partial charge in [-0.3, -0.25) is 9.97 Å². The molecule has 0 fully saturated rings. The van der Waals surface area contributed by atoms with Crippen LogP contribution in [0.15, 0.2) is 67.0 Å². The molecule has 2 heteroatoms. The molecular formula is C25H22N2. The van der Waals surface area contributed by atoms with Crippen LogP contribution in [-0.4, -0.2) is 9.97 Å². The van der Waals surface area contributed by atoms with Gasteiger partial charge in [-0.15, -0.1) is 0 Å². The van der Waals surface area contributed by atoms with Crippen LogP contribution < -0.4 is 0 Å².